The van der Waals surface area contributed by atoms with Gasteiger partial charge in [0, 0.05) is 6.07 Å². The van der Waals surface area contributed by atoms with Crippen molar-refractivity contribution in [2.75, 3.05) is 12.4 Å². The van der Waals surface area contributed by atoms with E-state index in [1.807, 2.05) is 12.1 Å². The van der Waals surface area contributed by atoms with Crippen LogP contribution in [0.15, 0.2) is 42.6 Å². The standard InChI is InChI=1S/C19H23N3O3/c1-24-15-6-8-16(9-7-15)25-17-10-5-14(13-21-17)22-18(23)19(20)11-3-2-4-12-19/h5-10,13H,2-4,11-12,20H2,1H3,(H,22,23). The van der Waals surface area contributed by atoms with Crippen molar-refractivity contribution in [3.05, 3.63) is 42.6 Å². The molecule has 0 unspecified atom stereocenters. The normalized spacial score (nSPS) is 16.1. The van der Waals surface area contributed by atoms with E-state index in [1.165, 1.54) is 0 Å². The zero-order valence-corrected chi connectivity index (χ0v) is 14.3. The average Bonchev–Trinajstić information content (AvgIpc) is 2.64. The zero-order chi connectivity index (χ0) is 17.7. The Balaban J connectivity index is 1.60. The minimum Gasteiger partial charge on any atom is -0.497 e. The molecule has 0 bridgehead atoms. The van der Waals surface area contributed by atoms with Crippen LogP contribution in [0.3, 0.4) is 0 Å². The second-order valence-electron chi connectivity index (χ2n) is 6.33. The number of aromatic nitrogens is 1. The summed E-state index contributed by atoms with van der Waals surface area (Å²) in [6.07, 6.45) is 6.16. The highest BCUT2D eigenvalue weighted by molar-refractivity contribution is 5.97. The van der Waals surface area contributed by atoms with Crippen molar-refractivity contribution in [3.63, 3.8) is 0 Å². The van der Waals surface area contributed by atoms with Gasteiger partial charge in [0.2, 0.25) is 11.8 Å². The quantitative estimate of drug-likeness (QED) is 0.869. The van der Waals surface area contributed by atoms with Gasteiger partial charge >= 0.3 is 0 Å². The lowest BCUT2D eigenvalue weighted by Crippen LogP contribution is -2.52. The molecule has 1 aliphatic rings. The second-order valence-corrected chi connectivity index (χ2v) is 6.33. The van der Waals surface area contributed by atoms with Gasteiger partial charge in [0.1, 0.15) is 11.5 Å². The number of carbonyl (C=O) groups is 1. The zero-order valence-electron chi connectivity index (χ0n) is 14.3. The van der Waals surface area contributed by atoms with Gasteiger partial charge in [0.05, 0.1) is 24.5 Å². The Kier molecular flexibility index (Phi) is 5.19. The highest BCUT2D eigenvalue weighted by Crippen LogP contribution is 2.28. The van der Waals surface area contributed by atoms with Crippen molar-refractivity contribution < 1.29 is 14.3 Å². The number of anilines is 1. The predicted molar refractivity (Wildman–Crippen MR) is 95.9 cm³/mol. The number of hydrogen-bond acceptors (Lipinski definition) is 5. The number of carbonyl (C=O) groups excluding carboxylic acids is 1. The molecule has 0 atom stereocenters. The van der Waals surface area contributed by atoms with Crippen LogP contribution in [0.2, 0.25) is 0 Å². The number of nitrogens with zero attached hydrogens (tertiary/aromatic N) is 1. The maximum atomic E-state index is 12.4. The number of methoxy groups -OCH3 is 1. The largest absolute Gasteiger partial charge is 0.497 e. The van der Waals surface area contributed by atoms with Gasteiger partial charge < -0.3 is 20.5 Å². The third-order valence-corrected chi connectivity index (χ3v) is 4.47. The van der Waals surface area contributed by atoms with E-state index in [-0.39, 0.29) is 5.91 Å². The van der Waals surface area contributed by atoms with E-state index >= 15 is 0 Å². The molecule has 1 amide bonds. The van der Waals surface area contributed by atoms with E-state index in [4.69, 9.17) is 15.2 Å². The molecule has 25 heavy (non-hydrogen) atoms. The summed E-state index contributed by atoms with van der Waals surface area (Å²) < 4.78 is 10.8. The molecule has 1 aliphatic carbocycles. The van der Waals surface area contributed by atoms with Crippen molar-refractivity contribution in [1.29, 1.82) is 0 Å². The SMILES string of the molecule is COc1ccc(Oc2ccc(NC(=O)C3(N)CCCCC3)cn2)cc1. The van der Waals surface area contributed by atoms with E-state index in [2.05, 4.69) is 10.3 Å². The molecule has 1 fully saturated rings. The smallest absolute Gasteiger partial charge is 0.244 e. The number of nitrogens with two attached hydrogens (primary N) is 1. The molecule has 132 valence electrons. The van der Waals surface area contributed by atoms with Crippen LogP contribution in [0.1, 0.15) is 32.1 Å². The molecule has 1 saturated carbocycles. The summed E-state index contributed by atoms with van der Waals surface area (Å²) in [6.45, 7) is 0. The minimum atomic E-state index is -0.767. The van der Waals surface area contributed by atoms with Crippen LogP contribution in [0.4, 0.5) is 5.69 Å². The molecule has 0 saturated heterocycles. The van der Waals surface area contributed by atoms with Gasteiger partial charge in [-0.3, -0.25) is 4.79 Å². The third kappa shape index (κ3) is 4.28. The summed E-state index contributed by atoms with van der Waals surface area (Å²) >= 11 is 0. The van der Waals surface area contributed by atoms with E-state index < -0.39 is 5.54 Å². The van der Waals surface area contributed by atoms with Crippen LogP contribution in [0.5, 0.6) is 17.4 Å². The fourth-order valence-corrected chi connectivity index (χ4v) is 2.94. The number of benzene rings is 1. The lowest BCUT2D eigenvalue weighted by atomic mass is 9.82. The van der Waals surface area contributed by atoms with Crippen molar-refractivity contribution in [3.8, 4) is 17.4 Å². The average molecular weight is 341 g/mol. The summed E-state index contributed by atoms with van der Waals surface area (Å²) in [5, 5.41) is 2.86. The van der Waals surface area contributed by atoms with Crippen molar-refractivity contribution >= 4 is 11.6 Å². The van der Waals surface area contributed by atoms with Gasteiger partial charge in [0.25, 0.3) is 0 Å². The Hall–Kier alpha value is -2.60. The van der Waals surface area contributed by atoms with Crippen molar-refractivity contribution in [2.24, 2.45) is 5.73 Å². The summed E-state index contributed by atoms with van der Waals surface area (Å²) in [5.41, 5.74) is 6.08. The first-order chi connectivity index (χ1) is 12.1. The van der Waals surface area contributed by atoms with Crippen LogP contribution in [0, 0.1) is 0 Å². The summed E-state index contributed by atoms with van der Waals surface area (Å²) in [6, 6.07) is 10.7. The van der Waals surface area contributed by atoms with Gasteiger partial charge in [-0.1, -0.05) is 19.3 Å². The Bertz CT molecular complexity index is 708. The van der Waals surface area contributed by atoms with Gasteiger partial charge in [0.15, 0.2) is 0 Å². The van der Waals surface area contributed by atoms with E-state index in [0.29, 0.717) is 17.3 Å². The molecule has 1 aromatic carbocycles. The highest BCUT2D eigenvalue weighted by Gasteiger charge is 2.35. The molecular weight excluding hydrogens is 318 g/mol. The van der Waals surface area contributed by atoms with Crippen LogP contribution in [0.25, 0.3) is 0 Å². The number of hydrogen-bond donors (Lipinski definition) is 2. The molecule has 6 heteroatoms. The summed E-state index contributed by atoms with van der Waals surface area (Å²) in [4.78, 5) is 16.6. The molecule has 0 aliphatic heterocycles. The molecule has 3 N–H and O–H groups in total. The first-order valence-corrected chi connectivity index (χ1v) is 8.47. The maximum absolute atomic E-state index is 12.4. The number of nitrogens with one attached hydrogen (secondary N) is 1. The molecule has 6 nitrogen and oxygen atoms in total. The Morgan fingerprint density at radius 2 is 1.76 bits per heavy atom. The van der Waals surface area contributed by atoms with E-state index in [9.17, 15) is 4.79 Å². The molecule has 0 radical (unpaired) electrons. The third-order valence-electron chi connectivity index (χ3n) is 4.47. The number of pyridine rings is 1. The fourth-order valence-electron chi connectivity index (χ4n) is 2.94. The molecule has 1 heterocycles. The van der Waals surface area contributed by atoms with E-state index in [0.717, 1.165) is 37.9 Å². The van der Waals surface area contributed by atoms with Crippen molar-refractivity contribution in [2.45, 2.75) is 37.6 Å². The Morgan fingerprint density at radius 3 is 2.36 bits per heavy atom. The lowest BCUT2D eigenvalue weighted by molar-refractivity contribution is -0.122. The molecular formula is C19H23N3O3. The van der Waals surface area contributed by atoms with E-state index in [1.54, 1.807) is 37.6 Å². The molecule has 1 aromatic heterocycles. The molecule has 3 rings (SSSR count). The number of amides is 1. The maximum Gasteiger partial charge on any atom is 0.244 e. The summed E-state index contributed by atoms with van der Waals surface area (Å²) in [7, 11) is 1.61. The topological polar surface area (TPSA) is 86.5 Å². The van der Waals surface area contributed by atoms with Gasteiger partial charge in [-0.15, -0.1) is 0 Å². The van der Waals surface area contributed by atoms with Gasteiger partial charge in [-0.2, -0.15) is 0 Å². The van der Waals surface area contributed by atoms with Gasteiger partial charge in [-0.05, 0) is 43.2 Å². The monoisotopic (exact) mass is 341 g/mol. The minimum absolute atomic E-state index is 0.141. The fraction of sp³-hybridized carbons (Fsp3) is 0.368. The lowest BCUT2D eigenvalue weighted by Gasteiger charge is -2.31. The van der Waals surface area contributed by atoms with Crippen LogP contribution in [-0.2, 0) is 4.79 Å². The Morgan fingerprint density at radius 1 is 1.08 bits per heavy atom. The first-order valence-electron chi connectivity index (χ1n) is 8.47. The molecule has 0 spiro atoms. The molecule has 2 aromatic rings. The van der Waals surface area contributed by atoms with Crippen LogP contribution < -0.4 is 20.5 Å². The Labute approximate surface area is 147 Å². The second kappa shape index (κ2) is 7.53. The van der Waals surface area contributed by atoms with Gasteiger partial charge in [-0.25, -0.2) is 4.98 Å². The number of rotatable bonds is 5. The van der Waals surface area contributed by atoms with Crippen LogP contribution >= 0.6 is 0 Å². The van der Waals surface area contributed by atoms with Crippen molar-refractivity contribution in [1.82, 2.24) is 4.98 Å². The summed E-state index contributed by atoms with van der Waals surface area (Å²) in [5.74, 6) is 1.73. The highest BCUT2D eigenvalue weighted by atomic mass is 16.5. The number of ether oxygens (including phenoxy) is 2. The predicted octanol–water partition coefficient (Wildman–Crippen LogP) is 3.48. The van der Waals surface area contributed by atoms with Crippen LogP contribution in [-0.4, -0.2) is 23.5 Å². The first kappa shape index (κ1) is 17.2.